The number of carbonyl (C=O) groups is 1. The third-order valence-corrected chi connectivity index (χ3v) is 3.57. The smallest absolute Gasteiger partial charge is 0.314 e. The lowest BCUT2D eigenvalue weighted by Crippen LogP contribution is -2.21. The third-order valence-electron chi connectivity index (χ3n) is 3.00. The molecule has 6 heteroatoms. The van der Waals surface area contributed by atoms with Crippen LogP contribution in [-0.4, -0.2) is 18.2 Å². The van der Waals surface area contributed by atoms with E-state index in [0.29, 0.717) is 12.8 Å². The molecular weight excluding hydrogens is 298 g/mol. The highest BCUT2D eigenvalue weighted by Crippen LogP contribution is 2.53. The standard InChI is InChI=1S/C11H9BrF2O3/c1-17-9-5(11(2-3-11)10(15)16)4-6(12)7(13)8(9)14/h4H,2-3H2,1H3,(H,15,16). The molecule has 0 aromatic heterocycles. The summed E-state index contributed by atoms with van der Waals surface area (Å²) in [5.41, 5.74) is -0.958. The summed E-state index contributed by atoms with van der Waals surface area (Å²) in [6.45, 7) is 0. The average Bonchev–Trinajstić information content (AvgIpc) is 3.06. The van der Waals surface area contributed by atoms with Crippen molar-refractivity contribution in [2.24, 2.45) is 0 Å². The van der Waals surface area contributed by atoms with Crippen LogP contribution in [0, 0.1) is 11.6 Å². The molecule has 92 valence electrons. The zero-order chi connectivity index (χ0) is 12.8. The Labute approximate surface area is 105 Å². The van der Waals surface area contributed by atoms with Gasteiger partial charge < -0.3 is 9.84 Å². The first-order chi connectivity index (χ1) is 7.94. The fourth-order valence-corrected chi connectivity index (χ4v) is 2.26. The molecule has 1 fully saturated rings. The van der Waals surface area contributed by atoms with Crippen LogP contribution in [0.5, 0.6) is 5.75 Å². The number of halogens is 3. The lowest BCUT2D eigenvalue weighted by atomic mass is 9.95. The number of benzene rings is 1. The molecule has 17 heavy (non-hydrogen) atoms. The van der Waals surface area contributed by atoms with Crippen molar-refractivity contribution in [3.63, 3.8) is 0 Å². The van der Waals surface area contributed by atoms with Gasteiger partial charge in [-0.3, -0.25) is 4.79 Å². The second-order valence-electron chi connectivity index (χ2n) is 3.95. The number of carboxylic acid groups (broad SMARTS) is 1. The van der Waals surface area contributed by atoms with Crippen molar-refractivity contribution < 1.29 is 23.4 Å². The van der Waals surface area contributed by atoms with Gasteiger partial charge in [0.2, 0.25) is 5.82 Å². The third kappa shape index (κ3) is 1.71. The Hall–Kier alpha value is -1.17. The summed E-state index contributed by atoms with van der Waals surface area (Å²) in [6.07, 6.45) is 0.798. The van der Waals surface area contributed by atoms with Gasteiger partial charge in [0.1, 0.15) is 0 Å². The van der Waals surface area contributed by atoms with E-state index in [-0.39, 0.29) is 15.8 Å². The Bertz CT molecular complexity index is 498. The molecule has 0 amide bonds. The Morgan fingerprint density at radius 2 is 2.06 bits per heavy atom. The minimum Gasteiger partial charge on any atom is -0.493 e. The summed E-state index contributed by atoms with van der Waals surface area (Å²) >= 11 is 2.87. The number of methoxy groups -OCH3 is 1. The van der Waals surface area contributed by atoms with Gasteiger partial charge in [0.25, 0.3) is 0 Å². The fraction of sp³-hybridized carbons (Fsp3) is 0.364. The predicted octanol–water partition coefficient (Wildman–Crippen LogP) is 2.85. The summed E-state index contributed by atoms with van der Waals surface area (Å²) < 4.78 is 31.6. The van der Waals surface area contributed by atoms with E-state index in [0.717, 1.165) is 0 Å². The number of ether oxygens (including phenoxy) is 1. The van der Waals surface area contributed by atoms with Crippen LogP contribution >= 0.6 is 15.9 Å². The van der Waals surface area contributed by atoms with Gasteiger partial charge in [0.05, 0.1) is 17.0 Å². The van der Waals surface area contributed by atoms with Gasteiger partial charge in [-0.25, -0.2) is 4.39 Å². The summed E-state index contributed by atoms with van der Waals surface area (Å²) in [4.78, 5) is 11.2. The number of hydrogen-bond donors (Lipinski definition) is 1. The molecule has 1 aromatic rings. The molecule has 0 saturated heterocycles. The molecule has 0 unspecified atom stereocenters. The van der Waals surface area contributed by atoms with Crippen molar-refractivity contribution in [1.29, 1.82) is 0 Å². The number of aliphatic carboxylic acids is 1. The maximum Gasteiger partial charge on any atom is 0.314 e. The Morgan fingerprint density at radius 1 is 1.47 bits per heavy atom. The molecule has 0 spiro atoms. The maximum absolute atomic E-state index is 13.6. The quantitative estimate of drug-likeness (QED) is 0.874. The fourth-order valence-electron chi connectivity index (χ4n) is 1.86. The van der Waals surface area contributed by atoms with E-state index in [4.69, 9.17) is 9.84 Å². The van der Waals surface area contributed by atoms with E-state index >= 15 is 0 Å². The molecule has 0 radical (unpaired) electrons. The number of hydrogen-bond acceptors (Lipinski definition) is 2. The first kappa shape index (κ1) is 12.3. The normalized spacial score (nSPS) is 16.7. The average molecular weight is 307 g/mol. The van der Waals surface area contributed by atoms with Crippen molar-refractivity contribution in [1.82, 2.24) is 0 Å². The molecule has 3 nitrogen and oxygen atoms in total. The lowest BCUT2D eigenvalue weighted by molar-refractivity contribution is -0.140. The Morgan fingerprint density at radius 3 is 2.47 bits per heavy atom. The number of rotatable bonds is 3. The second kappa shape index (κ2) is 3.94. The van der Waals surface area contributed by atoms with E-state index in [9.17, 15) is 13.6 Å². The molecule has 1 aromatic carbocycles. The summed E-state index contributed by atoms with van der Waals surface area (Å²) in [5.74, 6) is -3.62. The molecule has 1 saturated carbocycles. The van der Waals surface area contributed by atoms with E-state index in [1.54, 1.807) is 0 Å². The van der Waals surface area contributed by atoms with Crippen LogP contribution in [0.1, 0.15) is 18.4 Å². The summed E-state index contributed by atoms with van der Waals surface area (Å²) in [5, 5.41) is 9.14. The number of carboxylic acids is 1. The first-order valence-corrected chi connectivity index (χ1v) is 5.68. The molecule has 1 aliphatic carbocycles. The van der Waals surface area contributed by atoms with Crippen molar-refractivity contribution >= 4 is 21.9 Å². The predicted molar refractivity (Wildman–Crippen MR) is 59.2 cm³/mol. The molecular formula is C11H9BrF2O3. The van der Waals surface area contributed by atoms with Crippen LogP contribution in [0.15, 0.2) is 10.5 Å². The van der Waals surface area contributed by atoms with Crippen LogP contribution in [0.4, 0.5) is 8.78 Å². The molecule has 1 N–H and O–H groups in total. The van der Waals surface area contributed by atoms with Crippen molar-refractivity contribution in [3.8, 4) is 5.75 Å². The zero-order valence-corrected chi connectivity index (χ0v) is 10.5. The van der Waals surface area contributed by atoms with Gasteiger partial charge in [-0.05, 0) is 34.8 Å². The SMILES string of the molecule is COc1c(C2(C(=O)O)CC2)cc(Br)c(F)c1F. The highest BCUT2D eigenvalue weighted by atomic mass is 79.9. The van der Waals surface area contributed by atoms with Gasteiger partial charge in [-0.1, -0.05) is 0 Å². The topological polar surface area (TPSA) is 46.5 Å². The van der Waals surface area contributed by atoms with Gasteiger partial charge in [0.15, 0.2) is 11.6 Å². The van der Waals surface area contributed by atoms with Gasteiger partial charge in [-0.15, -0.1) is 0 Å². The minimum absolute atomic E-state index is 0.0988. The molecule has 2 rings (SSSR count). The van der Waals surface area contributed by atoms with Crippen LogP contribution in [-0.2, 0) is 10.2 Å². The summed E-state index contributed by atoms with van der Waals surface area (Å²) in [6, 6.07) is 1.28. The summed E-state index contributed by atoms with van der Waals surface area (Å²) in [7, 11) is 1.19. The minimum atomic E-state index is -1.16. The molecule has 0 heterocycles. The van der Waals surface area contributed by atoms with Gasteiger partial charge in [0, 0.05) is 5.56 Å². The van der Waals surface area contributed by atoms with Crippen molar-refractivity contribution in [3.05, 3.63) is 27.7 Å². The van der Waals surface area contributed by atoms with E-state index < -0.39 is 23.0 Å². The molecule has 1 aliphatic rings. The van der Waals surface area contributed by atoms with Crippen LogP contribution in [0.25, 0.3) is 0 Å². The van der Waals surface area contributed by atoms with Crippen LogP contribution in [0.2, 0.25) is 0 Å². The maximum atomic E-state index is 13.6. The van der Waals surface area contributed by atoms with E-state index in [1.807, 2.05) is 0 Å². The molecule has 0 aliphatic heterocycles. The monoisotopic (exact) mass is 306 g/mol. The zero-order valence-electron chi connectivity index (χ0n) is 8.89. The van der Waals surface area contributed by atoms with E-state index in [1.165, 1.54) is 13.2 Å². The largest absolute Gasteiger partial charge is 0.493 e. The first-order valence-electron chi connectivity index (χ1n) is 4.89. The van der Waals surface area contributed by atoms with Crippen molar-refractivity contribution in [2.75, 3.05) is 7.11 Å². The molecule has 0 atom stereocenters. The second-order valence-corrected chi connectivity index (χ2v) is 4.81. The van der Waals surface area contributed by atoms with Gasteiger partial charge >= 0.3 is 5.97 Å². The van der Waals surface area contributed by atoms with Crippen LogP contribution in [0.3, 0.4) is 0 Å². The molecule has 0 bridgehead atoms. The Balaban J connectivity index is 2.66. The van der Waals surface area contributed by atoms with Gasteiger partial charge in [-0.2, -0.15) is 4.39 Å². The van der Waals surface area contributed by atoms with Crippen molar-refractivity contribution in [2.45, 2.75) is 18.3 Å². The highest BCUT2D eigenvalue weighted by molar-refractivity contribution is 9.10. The Kier molecular flexibility index (Phi) is 2.85. The highest BCUT2D eigenvalue weighted by Gasteiger charge is 2.54. The van der Waals surface area contributed by atoms with E-state index in [2.05, 4.69) is 15.9 Å². The van der Waals surface area contributed by atoms with Crippen LogP contribution < -0.4 is 4.74 Å². The lowest BCUT2D eigenvalue weighted by Gasteiger charge is -2.16.